The SMILES string of the molecule is c1ccc2cc(CCCCN3CCNCC3)ccc2c1. The van der Waals surface area contributed by atoms with Crippen molar-refractivity contribution in [2.45, 2.75) is 19.3 Å². The van der Waals surface area contributed by atoms with Gasteiger partial charge in [0, 0.05) is 26.2 Å². The summed E-state index contributed by atoms with van der Waals surface area (Å²) in [6.45, 7) is 6.01. The molecule has 1 aliphatic heterocycles. The van der Waals surface area contributed by atoms with E-state index < -0.39 is 0 Å². The predicted octanol–water partition coefficient (Wildman–Crippen LogP) is 3.07. The quantitative estimate of drug-likeness (QED) is 0.838. The second-order valence-corrected chi connectivity index (χ2v) is 5.73. The molecule has 1 N–H and O–H groups in total. The lowest BCUT2D eigenvalue weighted by Gasteiger charge is -2.27. The summed E-state index contributed by atoms with van der Waals surface area (Å²) >= 11 is 0. The maximum absolute atomic E-state index is 3.41. The molecule has 2 nitrogen and oxygen atoms in total. The van der Waals surface area contributed by atoms with Crippen molar-refractivity contribution in [1.82, 2.24) is 10.2 Å². The number of fused-ring (bicyclic) bond motifs is 1. The fourth-order valence-corrected chi connectivity index (χ4v) is 2.99. The monoisotopic (exact) mass is 268 g/mol. The van der Waals surface area contributed by atoms with Gasteiger partial charge in [-0.3, -0.25) is 0 Å². The van der Waals surface area contributed by atoms with E-state index in [0.29, 0.717) is 0 Å². The maximum Gasteiger partial charge on any atom is 0.0107 e. The van der Waals surface area contributed by atoms with Crippen LogP contribution >= 0.6 is 0 Å². The first-order valence-electron chi connectivity index (χ1n) is 7.82. The summed E-state index contributed by atoms with van der Waals surface area (Å²) in [5.74, 6) is 0. The third kappa shape index (κ3) is 3.59. The number of unbranched alkanes of at least 4 members (excludes halogenated alkanes) is 1. The van der Waals surface area contributed by atoms with Crippen LogP contribution < -0.4 is 5.32 Å². The summed E-state index contributed by atoms with van der Waals surface area (Å²) < 4.78 is 0. The van der Waals surface area contributed by atoms with Crippen LogP contribution in [0, 0.1) is 0 Å². The van der Waals surface area contributed by atoms with E-state index in [1.807, 2.05) is 0 Å². The molecular weight excluding hydrogens is 244 g/mol. The Bertz CT molecular complexity index is 544. The molecule has 1 aliphatic rings. The van der Waals surface area contributed by atoms with Gasteiger partial charge in [-0.2, -0.15) is 0 Å². The topological polar surface area (TPSA) is 15.3 Å². The first kappa shape index (κ1) is 13.6. The van der Waals surface area contributed by atoms with Gasteiger partial charge in [-0.25, -0.2) is 0 Å². The van der Waals surface area contributed by atoms with Crippen LogP contribution in [0.15, 0.2) is 42.5 Å². The zero-order valence-corrected chi connectivity index (χ0v) is 12.1. The Morgan fingerprint density at radius 1 is 0.900 bits per heavy atom. The van der Waals surface area contributed by atoms with Crippen molar-refractivity contribution in [3.05, 3.63) is 48.0 Å². The lowest BCUT2D eigenvalue weighted by atomic mass is 10.0. The predicted molar refractivity (Wildman–Crippen MR) is 86.2 cm³/mol. The van der Waals surface area contributed by atoms with Crippen LogP contribution in [0.5, 0.6) is 0 Å². The van der Waals surface area contributed by atoms with Crippen LogP contribution in [0.2, 0.25) is 0 Å². The van der Waals surface area contributed by atoms with E-state index >= 15 is 0 Å². The van der Waals surface area contributed by atoms with Crippen LogP contribution in [0.4, 0.5) is 0 Å². The number of hydrogen-bond acceptors (Lipinski definition) is 2. The molecule has 106 valence electrons. The van der Waals surface area contributed by atoms with Crippen molar-refractivity contribution in [3.63, 3.8) is 0 Å². The fourth-order valence-electron chi connectivity index (χ4n) is 2.99. The second-order valence-electron chi connectivity index (χ2n) is 5.73. The maximum atomic E-state index is 3.41. The van der Waals surface area contributed by atoms with Crippen LogP contribution in [0.3, 0.4) is 0 Å². The van der Waals surface area contributed by atoms with Crippen molar-refractivity contribution >= 4 is 10.8 Å². The van der Waals surface area contributed by atoms with Gasteiger partial charge in [-0.1, -0.05) is 42.5 Å². The molecule has 3 rings (SSSR count). The standard InChI is InChI=1S/C18H24N2/c1-2-7-18-15-16(8-9-17(18)6-1)5-3-4-12-20-13-10-19-11-14-20/h1-2,6-9,15,19H,3-5,10-14H2. The Kier molecular flexibility index (Phi) is 4.67. The van der Waals surface area contributed by atoms with Crippen LogP contribution in [0.25, 0.3) is 10.8 Å². The van der Waals surface area contributed by atoms with E-state index in [1.54, 1.807) is 0 Å². The van der Waals surface area contributed by atoms with Gasteiger partial charge in [0.05, 0.1) is 0 Å². The van der Waals surface area contributed by atoms with Crippen molar-refractivity contribution < 1.29 is 0 Å². The van der Waals surface area contributed by atoms with Gasteiger partial charge in [0.25, 0.3) is 0 Å². The summed E-state index contributed by atoms with van der Waals surface area (Å²) in [5, 5.41) is 6.12. The first-order chi connectivity index (χ1) is 9.92. The Morgan fingerprint density at radius 3 is 2.55 bits per heavy atom. The smallest absolute Gasteiger partial charge is 0.0107 e. The Balaban J connectivity index is 1.47. The van der Waals surface area contributed by atoms with Crippen molar-refractivity contribution in [2.24, 2.45) is 0 Å². The molecule has 2 aromatic rings. The van der Waals surface area contributed by atoms with E-state index in [0.717, 1.165) is 13.1 Å². The molecule has 0 spiro atoms. The largest absolute Gasteiger partial charge is 0.314 e. The molecule has 1 heterocycles. The summed E-state index contributed by atoms with van der Waals surface area (Å²) in [6.07, 6.45) is 3.81. The number of rotatable bonds is 5. The van der Waals surface area contributed by atoms with Crippen LogP contribution in [-0.4, -0.2) is 37.6 Å². The molecule has 0 saturated carbocycles. The summed E-state index contributed by atoms with van der Waals surface area (Å²) in [5.41, 5.74) is 1.48. The highest BCUT2D eigenvalue weighted by molar-refractivity contribution is 5.82. The summed E-state index contributed by atoms with van der Waals surface area (Å²) in [6, 6.07) is 15.5. The van der Waals surface area contributed by atoms with Crippen molar-refractivity contribution in [1.29, 1.82) is 0 Å². The highest BCUT2D eigenvalue weighted by Crippen LogP contribution is 2.17. The van der Waals surface area contributed by atoms with E-state index in [1.165, 1.54) is 55.2 Å². The molecule has 0 radical (unpaired) electrons. The van der Waals surface area contributed by atoms with E-state index in [2.05, 4.69) is 52.7 Å². The molecule has 0 aliphatic carbocycles. The number of aryl methyl sites for hydroxylation is 1. The molecule has 0 bridgehead atoms. The molecule has 1 saturated heterocycles. The highest BCUT2D eigenvalue weighted by atomic mass is 15.2. The average Bonchev–Trinajstić information content (AvgIpc) is 2.52. The number of nitrogens with zero attached hydrogens (tertiary/aromatic N) is 1. The molecule has 2 aromatic carbocycles. The van der Waals surface area contributed by atoms with Gasteiger partial charge in [0.2, 0.25) is 0 Å². The lowest BCUT2D eigenvalue weighted by molar-refractivity contribution is 0.237. The van der Waals surface area contributed by atoms with Gasteiger partial charge in [-0.05, 0) is 42.1 Å². The second kappa shape index (κ2) is 6.87. The van der Waals surface area contributed by atoms with Crippen molar-refractivity contribution in [2.75, 3.05) is 32.7 Å². The third-order valence-corrected chi connectivity index (χ3v) is 4.21. The minimum absolute atomic E-state index is 1.16. The van der Waals surface area contributed by atoms with Gasteiger partial charge >= 0.3 is 0 Å². The van der Waals surface area contributed by atoms with Crippen LogP contribution in [-0.2, 0) is 6.42 Å². The molecule has 1 fully saturated rings. The molecular formula is C18H24N2. The summed E-state index contributed by atoms with van der Waals surface area (Å²) in [7, 11) is 0. The van der Waals surface area contributed by atoms with Crippen LogP contribution in [0.1, 0.15) is 18.4 Å². The van der Waals surface area contributed by atoms with Crippen molar-refractivity contribution in [3.8, 4) is 0 Å². The van der Waals surface area contributed by atoms with Gasteiger partial charge in [0.15, 0.2) is 0 Å². The molecule has 0 atom stereocenters. The number of benzene rings is 2. The first-order valence-corrected chi connectivity index (χ1v) is 7.82. The number of nitrogens with one attached hydrogen (secondary N) is 1. The molecule has 0 aromatic heterocycles. The zero-order chi connectivity index (χ0) is 13.6. The average molecular weight is 268 g/mol. The third-order valence-electron chi connectivity index (χ3n) is 4.21. The molecule has 0 amide bonds. The zero-order valence-electron chi connectivity index (χ0n) is 12.1. The molecule has 0 unspecified atom stereocenters. The minimum atomic E-state index is 1.16. The van der Waals surface area contributed by atoms with E-state index in [9.17, 15) is 0 Å². The molecule has 20 heavy (non-hydrogen) atoms. The Hall–Kier alpha value is -1.38. The number of hydrogen-bond donors (Lipinski definition) is 1. The summed E-state index contributed by atoms with van der Waals surface area (Å²) in [4.78, 5) is 2.58. The fraction of sp³-hybridized carbons (Fsp3) is 0.444. The Labute approximate surface area is 121 Å². The van der Waals surface area contributed by atoms with Gasteiger partial charge in [-0.15, -0.1) is 0 Å². The lowest BCUT2D eigenvalue weighted by Crippen LogP contribution is -2.43. The number of piperazine rings is 1. The molecule has 2 heteroatoms. The van der Waals surface area contributed by atoms with E-state index in [4.69, 9.17) is 0 Å². The normalized spacial score (nSPS) is 16.6. The van der Waals surface area contributed by atoms with Gasteiger partial charge in [0.1, 0.15) is 0 Å². The Morgan fingerprint density at radius 2 is 1.70 bits per heavy atom. The highest BCUT2D eigenvalue weighted by Gasteiger charge is 2.08. The van der Waals surface area contributed by atoms with Gasteiger partial charge < -0.3 is 10.2 Å². The van der Waals surface area contributed by atoms with E-state index in [-0.39, 0.29) is 0 Å². The minimum Gasteiger partial charge on any atom is -0.314 e.